The minimum absolute atomic E-state index is 0.133. The monoisotopic (exact) mass is 289 g/mol. The molecule has 2 rings (SSSR count). The van der Waals surface area contributed by atoms with Gasteiger partial charge in [0, 0.05) is 13.1 Å². The van der Waals surface area contributed by atoms with E-state index in [-0.39, 0.29) is 18.3 Å². The highest BCUT2D eigenvalue weighted by Gasteiger charge is 2.34. The van der Waals surface area contributed by atoms with Gasteiger partial charge in [-0.05, 0) is 24.5 Å². The van der Waals surface area contributed by atoms with Crippen LogP contribution in [0, 0.1) is 11.8 Å². The van der Waals surface area contributed by atoms with Crippen LogP contribution in [0.4, 0.5) is 19.0 Å². The molecule has 1 fully saturated rings. The molecule has 2 atom stereocenters. The van der Waals surface area contributed by atoms with E-state index in [0.29, 0.717) is 13.0 Å². The van der Waals surface area contributed by atoms with Gasteiger partial charge in [-0.3, -0.25) is 4.79 Å². The maximum absolute atomic E-state index is 12.4. The van der Waals surface area contributed by atoms with E-state index < -0.39 is 23.8 Å². The van der Waals surface area contributed by atoms with E-state index in [1.54, 1.807) is 4.90 Å². The van der Waals surface area contributed by atoms with Crippen LogP contribution in [-0.2, 0) is 11.0 Å². The molecule has 8 heteroatoms. The summed E-state index contributed by atoms with van der Waals surface area (Å²) in [6.45, 7) is 2.70. The van der Waals surface area contributed by atoms with Gasteiger partial charge in [0.2, 0.25) is 0 Å². The lowest BCUT2D eigenvalue weighted by atomic mass is 9.90. The summed E-state index contributed by atoms with van der Waals surface area (Å²) < 4.78 is 37.2. The molecule has 20 heavy (non-hydrogen) atoms. The number of piperidine rings is 1. The van der Waals surface area contributed by atoms with E-state index in [4.69, 9.17) is 5.11 Å². The summed E-state index contributed by atoms with van der Waals surface area (Å²) in [5.41, 5.74) is -1.05. The van der Waals surface area contributed by atoms with Crippen LogP contribution in [0.2, 0.25) is 0 Å². The number of carboxylic acid groups (broad SMARTS) is 1. The molecule has 110 valence electrons. The molecule has 0 amide bonds. The Morgan fingerprint density at radius 2 is 2.05 bits per heavy atom. The molecule has 1 N–H and O–H groups in total. The fraction of sp³-hybridized carbons (Fsp3) is 0.583. The number of halogens is 3. The van der Waals surface area contributed by atoms with Crippen molar-refractivity contribution in [2.24, 2.45) is 11.8 Å². The number of aliphatic carboxylic acids is 1. The Labute approximate surface area is 113 Å². The Balaban J connectivity index is 2.16. The molecule has 1 aliphatic rings. The van der Waals surface area contributed by atoms with Crippen LogP contribution < -0.4 is 4.90 Å². The number of hydrogen-bond acceptors (Lipinski definition) is 4. The van der Waals surface area contributed by atoms with Crippen molar-refractivity contribution >= 4 is 11.8 Å². The molecule has 0 aromatic carbocycles. The maximum atomic E-state index is 12.4. The van der Waals surface area contributed by atoms with E-state index >= 15 is 0 Å². The van der Waals surface area contributed by atoms with Crippen LogP contribution in [-0.4, -0.2) is 34.4 Å². The molecule has 0 aliphatic carbocycles. The van der Waals surface area contributed by atoms with Crippen molar-refractivity contribution in [3.8, 4) is 0 Å². The van der Waals surface area contributed by atoms with Gasteiger partial charge in [-0.1, -0.05) is 6.92 Å². The summed E-state index contributed by atoms with van der Waals surface area (Å²) in [6, 6.07) is 2.09. The van der Waals surface area contributed by atoms with Crippen LogP contribution in [0.5, 0.6) is 0 Å². The zero-order valence-corrected chi connectivity index (χ0v) is 10.8. The third-order valence-electron chi connectivity index (χ3n) is 3.27. The van der Waals surface area contributed by atoms with Gasteiger partial charge in [-0.25, -0.2) is 0 Å². The van der Waals surface area contributed by atoms with Crippen molar-refractivity contribution in [2.75, 3.05) is 18.0 Å². The standard InChI is InChI=1S/C12H14F3N3O2/c1-7-4-8(11(19)20)6-18(5-7)10-3-2-9(16-17-10)12(13,14)15/h2-3,7-8H,4-6H2,1H3,(H,19,20). The zero-order valence-electron chi connectivity index (χ0n) is 10.8. The van der Waals surface area contributed by atoms with Crippen molar-refractivity contribution in [3.63, 3.8) is 0 Å². The van der Waals surface area contributed by atoms with Gasteiger partial charge >= 0.3 is 12.1 Å². The van der Waals surface area contributed by atoms with E-state index in [1.807, 2.05) is 6.92 Å². The molecule has 1 aromatic rings. The smallest absolute Gasteiger partial charge is 0.435 e. The summed E-state index contributed by atoms with van der Waals surface area (Å²) in [5, 5.41) is 15.8. The highest BCUT2D eigenvalue weighted by Crippen LogP contribution is 2.29. The number of aromatic nitrogens is 2. The number of alkyl halides is 3. The first-order valence-corrected chi connectivity index (χ1v) is 6.16. The maximum Gasteiger partial charge on any atom is 0.435 e. The predicted molar refractivity (Wildman–Crippen MR) is 64.2 cm³/mol. The minimum atomic E-state index is -4.52. The molecule has 0 bridgehead atoms. The lowest BCUT2D eigenvalue weighted by Crippen LogP contribution is -2.43. The second-order valence-corrected chi connectivity index (χ2v) is 5.06. The second kappa shape index (κ2) is 5.26. The van der Waals surface area contributed by atoms with Gasteiger partial charge in [-0.15, -0.1) is 10.2 Å². The fourth-order valence-corrected chi connectivity index (χ4v) is 2.36. The topological polar surface area (TPSA) is 66.3 Å². The highest BCUT2D eigenvalue weighted by atomic mass is 19.4. The summed E-state index contributed by atoms with van der Waals surface area (Å²) in [4.78, 5) is 12.7. The Kier molecular flexibility index (Phi) is 3.82. The Bertz CT molecular complexity index is 490. The first-order valence-electron chi connectivity index (χ1n) is 6.16. The van der Waals surface area contributed by atoms with Gasteiger partial charge in [0.1, 0.15) is 0 Å². The van der Waals surface area contributed by atoms with Crippen molar-refractivity contribution in [1.82, 2.24) is 10.2 Å². The van der Waals surface area contributed by atoms with Crippen molar-refractivity contribution in [2.45, 2.75) is 19.5 Å². The van der Waals surface area contributed by atoms with Crippen LogP contribution >= 0.6 is 0 Å². The van der Waals surface area contributed by atoms with Crippen LogP contribution in [0.15, 0.2) is 12.1 Å². The van der Waals surface area contributed by atoms with Gasteiger partial charge in [0.25, 0.3) is 0 Å². The Morgan fingerprint density at radius 1 is 1.35 bits per heavy atom. The average molecular weight is 289 g/mol. The number of carbonyl (C=O) groups is 1. The highest BCUT2D eigenvalue weighted by molar-refractivity contribution is 5.71. The fourth-order valence-electron chi connectivity index (χ4n) is 2.36. The molecule has 1 aliphatic heterocycles. The lowest BCUT2D eigenvalue weighted by Gasteiger charge is -2.35. The summed E-state index contributed by atoms with van der Waals surface area (Å²) >= 11 is 0. The lowest BCUT2D eigenvalue weighted by molar-refractivity contribution is -0.142. The van der Waals surface area contributed by atoms with Gasteiger partial charge in [-0.2, -0.15) is 13.2 Å². The zero-order chi connectivity index (χ0) is 14.9. The largest absolute Gasteiger partial charge is 0.481 e. The second-order valence-electron chi connectivity index (χ2n) is 5.06. The third-order valence-corrected chi connectivity index (χ3v) is 3.27. The van der Waals surface area contributed by atoms with Crippen LogP contribution in [0.1, 0.15) is 19.0 Å². The number of nitrogens with zero attached hydrogens (tertiary/aromatic N) is 3. The van der Waals surface area contributed by atoms with Crippen molar-refractivity contribution < 1.29 is 23.1 Å². The Hall–Kier alpha value is -1.86. The normalized spacial score (nSPS) is 23.7. The molecular weight excluding hydrogens is 275 g/mol. The molecule has 2 heterocycles. The van der Waals surface area contributed by atoms with E-state index in [0.717, 1.165) is 6.07 Å². The van der Waals surface area contributed by atoms with Crippen molar-refractivity contribution in [1.29, 1.82) is 0 Å². The Morgan fingerprint density at radius 3 is 2.55 bits per heavy atom. The summed E-state index contributed by atoms with van der Waals surface area (Å²) in [5.74, 6) is -1.03. The summed E-state index contributed by atoms with van der Waals surface area (Å²) in [7, 11) is 0. The van der Waals surface area contributed by atoms with Crippen LogP contribution in [0.3, 0.4) is 0 Å². The molecule has 0 radical (unpaired) electrons. The molecule has 1 saturated heterocycles. The van der Waals surface area contributed by atoms with E-state index in [1.165, 1.54) is 6.07 Å². The number of carboxylic acids is 1. The van der Waals surface area contributed by atoms with Gasteiger partial charge < -0.3 is 10.0 Å². The number of rotatable bonds is 2. The summed E-state index contributed by atoms with van der Waals surface area (Å²) in [6.07, 6.45) is -3.97. The van der Waals surface area contributed by atoms with Gasteiger partial charge in [0.05, 0.1) is 5.92 Å². The third kappa shape index (κ3) is 3.17. The SMILES string of the molecule is CC1CC(C(=O)O)CN(c2ccc(C(F)(F)F)nn2)C1. The quantitative estimate of drug-likeness (QED) is 0.902. The van der Waals surface area contributed by atoms with Crippen LogP contribution in [0.25, 0.3) is 0 Å². The molecule has 2 unspecified atom stereocenters. The molecular formula is C12H14F3N3O2. The first-order chi connectivity index (χ1) is 9.27. The molecule has 0 saturated carbocycles. The van der Waals surface area contributed by atoms with E-state index in [9.17, 15) is 18.0 Å². The number of hydrogen-bond donors (Lipinski definition) is 1. The predicted octanol–water partition coefficient (Wildman–Crippen LogP) is 2.04. The molecule has 5 nitrogen and oxygen atoms in total. The van der Waals surface area contributed by atoms with E-state index in [2.05, 4.69) is 10.2 Å². The molecule has 1 aromatic heterocycles. The number of anilines is 1. The first kappa shape index (κ1) is 14.5. The molecule has 0 spiro atoms. The van der Waals surface area contributed by atoms with Gasteiger partial charge in [0.15, 0.2) is 11.5 Å². The van der Waals surface area contributed by atoms with Crippen molar-refractivity contribution in [3.05, 3.63) is 17.8 Å². The average Bonchev–Trinajstić information content (AvgIpc) is 2.37. The minimum Gasteiger partial charge on any atom is -0.481 e.